The van der Waals surface area contributed by atoms with E-state index in [1.165, 1.54) is 38.5 Å². The Morgan fingerprint density at radius 2 is 1.11 bits per heavy atom. The summed E-state index contributed by atoms with van der Waals surface area (Å²) in [4.78, 5) is 0. The fourth-order valence-corrected chi connectivity index (χ4v) is 10.1. The third kappa shape index (κ3) is 8.59. The van der Waals surface area contributed by atoms with Crippen molar-refractivity contribution < 1.29 is 31.3 Å². The molecule has 2 unspecified atom stereocenters. The highest BCUT2D eigenvalue weighted by atomic mass is 28.5. The average Bonchev–Trinajstić information content (AvgIpc) is 3.60. The van der Waals surface area contributed by atoms with Crippen molar-refractivity contribution in [2.45, 2.75) is 75.7 Å². The largest absolute Gasteiger partial charge is 0.669 e. The molecule has 0 bridgehead atoms. The van der Waals surface area contributed by atoms with Gasteiger partial charge < -0.3 is 31.3 Å². The minimum absolute atomic E-state index is 0.511. The van der Waals surface area contributed by atoms with Gasteiger partial charge in [0.05, 0.1) is 25.4 Å². The molecule has 2 fully saturated rings. The summed E-state index contributed by atoms with van der Waals surface area (Å²) in [5, 5.41) is 0. The molecule has 2 heterocycles. The summed E-state index contributed by atoms with van der Waals surface area (Å²) >= 11 is 0. The van der Waals surface area contributed by atoms with E-state index in [1.807, 2.05) is 0 Å². The Bertz CT molecular complexity index is 371. The monoisotopic (exact) mass is 422 g/mol. The van der Waals surface area contributed by atoms with Crippen LogP contribution in [0.1, 0.15) is 51.4 Å². The number of ether oxygens (including phenoxy) is 2. The molecule has 0 N–H and O–H groups in total. The minimum Gasteiger partial charge on any atom is -0.398 e. The van der Waals surface area contributed by atoms with Gasteiger partial charge in [-0.05, 0) is 24.9 Å². The first-order valence-corrected chi connectivity index (χ1v) is 14.1. The average molecular weight is 423 g/mol. The highest BCUT2D eigenvalue weighted by molar-refractivity contribution is 6.76. The molecule has 0 amide bonds. The Kier molecular flexibility index (Phi) is 10.4. The normalized spacial score (nSPS) is 24.0. The predicted octanol–water partition coefficient (Wildman–Crippen LogP) is 3.38. The lowest BCUT2D eigenvalue weighted by atomic mass is 10.2. The third-order valence-electron chi connectivity index (χ3n) is 5.41. The lowest BCUT2D eigenvalue weighted by molar-refractivity contribution is 0.0354. The fraction of sp³-hybridized carbons (Fsp3) is 1.00. The summed E-state index contributed by atoms with van der Waals surface area (Å²) < 4.78 is 39.6. The molecule has 27 heavy (non-hydrogen) atoms. The Labute approximate surface area is 166 Å². The molecule has 7 nitrogen and oxygen atoms in total. The van der Waals surface area contributed by atoms with E-state index in [1.54, 1.807) is 28.4 Å². The van der Waals surface area contributed by atoms with E-state index < -0.39 is 17.6 Å². The molecule has 2 aliphatic rings. The summed E-state index contributed by atoms with van der Waals surface area (Å²) in [5.41, 5.74) is 0. The van der Waals surface area contributed by atoms with Crippen LogP contribution in [0.15, 0.2) is 0 Å². The maximum absolute atomic E-state index is 6.44. The quantitative estimate of drug-likeness (QED) is 0.190. The number of rotatable bonds is 18. The van der Waals surface area contributed by atoms with Crippen LogP contribution in [-0.4, -0.2) is 71.5 Å². The summed E-state index contributed by atoms with van der Waals surface area (Å²) in [5.74, 6) is 0. The van der Waals surface area contributed by atoms with Crippen molar-refractivity contribution in [2.75, 3.05) is 41.7 Å². The molecule has 0 aromatic carbocycles. The highest BCUT2D eigenvalue weighted by Crippen LogP contribution is 2.30. The van der Waals surface area contributed by atoms with Gasteiger partial charge in [0.1, 0.15) is 0 Å². The summed E-state index contributed by atoms with van der Waals surface area (Å²) in [6.07, 6.45) is 10.3. The zero-order chi connectivity index (χ0) is 19.6. The van der Waals surface area contributed by atoms with Crippen LogP contribution in [0.3, 0.4) is 0 Å². The van der Waals surface area contributed by atoms with E-state index in [9.17, 15) is 0 Å². The summed E-state index contributed by atoms with van der Waals surface area (Å²) in [7, 11) is 0.918. The van der Waals surface area contributed by atoms with Gasteiger partial charge in [-0.25, -0.2) is 0 Å². The van der Waals surface area contributed by atoms with Crippen molar-refractivity contribution in [1.82, 2.24) is 0 Å². The number of hydrogen-bond donors (Lipinski definition) is 0. The molecule has 0 aromatic rings. The molecular formula is C18H38O7Si2. The first kappa shape index (κ1) is 23.4. The molecule has 2 aliphatic heterocycles. The van der Waals surface area contributed by atoms with Crippen LogP contribution in [0.5, 0.6) is 0 Å². The van der Waals surface area contributed by atoms with E-state index in [2.05, 4.69) is 0 Å². The second kappa shape index (κ2) is 12.0. The standard InChI is InChI=1S/C18H38O7Si2/c1-19-26(25-27(20-2,21-3)22-4,13-9-5-7-11-17-15-23-17)14-10-6-8-12-18-16-24-18/h17-18H,5-16H2,1-4H3. The molecule has 160 valence electrons. The van der Waals surface area contributed by atoms with Gasteiger partial charge in [0, 0.05) is 28.4 Å². The van der Waals surface area contributed by atoms with Crippen LogP contribution < -0.4 is 0 Å². The first-order valence-electron chi connectivity index (χ1n) is 10.2. The second-order valence-electron chi connectivity index (χ2n) is 7.44. The molecule has 0 radical (unpaired) electrons. The number of hydrogen-bond acceptors (Lipinski definition) is 7. The fourth-order valence-electron chi connectivity index (χ4n) is 3.43. The van der Waals surface area contributed by atoms with Gasteiger partial charge >= 0.3 is 17.6 Å². The van der Waals surface area contributed by atoms with Crippen molar-refractivity contribution in [3.8, 4) is 0 Å². The van der Waals surface area contributed by atoms with Crippen molar-refractivity contribution >= 4 is 17.6 Å². The lowest BCUT2D eigenvalue weighted by Crippen LogP contribution is -2.57. The molecule has 0 spiro atoms. The highest BCUT2D eigenvalue weighted by Gasteiger charge is 2.52. The molecule has 0 saturated carbocycles. The van der Waals surface area contributed by atoms with Gasteiger partial charge in [-0.3, -0.25) is 0 Å². The van der Waals surface area contributed by atoms with Crippen LogP contribution >= 0.6 is 0 Å². The van der Waals surface area contributed by atoms with Crippen LogP contribution in [0.2, 0.25) is 12.1 Å². The third-order valence-corrected chi connectivity index (χ3v) is 12.4. The van der Waals surface area contributed by atoms with Gasteiger partial charge in [0.15, 0.2) is 0 Å². The molecule has 9 heteroatoms. The van der Waals surface area contributed by atoms with Gasteiger partial charge in [-0.2, -0.15) is 0 Å². The van der Waals surface area contributed by atoms with Crippen molar-refractivity contribution in [1.29, 1.82) is 0 Å². The summed E-state index contributed by atoms with van der Waals surface area (Å²) in [6, 6.07) is 1.87. The zero-order valence-electron chi connectivity index (χ0n) is 17.5. The molecule has 0 aromatic heterocycles. The Hall–Kier alpha value is 0.154. The molecule has 0 aliphatic carbocycles. The maximum atomic E-state index is 6.44. The number of epoxide rings is 2. The van der Waals surface area contributed by atoms with Crippen molar-refractivity contribution in [2.24, 2.45) is 0 Å². The predicted molar refractivity (Wildman–Crippen MR) is 107 cm³/mol. The van der Waals surface area contributed by atoms with Crippen LogP contribution in [-0.2, 0) is 31.3 Å². The van der Waals surface area contributed by atoms with Gasteiger partial charge in [0.25, 0.3) is 0 Å². The molecular weight excluding hydrogens is 384 g/mol. The zero-order valence-corrected chi connectivity index (χ0v) is 19.5. The van der Waals surface area contributed by atoms with Crippen molar-refractivity contribution in [3.63, 3.8) is 0 Å². The van der Waals surface area contributed by atoms with Crippen LogP contribution in [0.4, 0.5) is 0 Å². The maximum Gasteiger partial charge on any atom is 0.669 e. The minimum atomic E-state index is -3.13. The Morgan fingerprint density at radius 3 is 1.44 bits per heavy atom. The summed E-state index contributed by atoms with van der Waals surface area (Å²) in [6.45, 7) is 1.88. The Balaban J connectivity index is 1.83. The second-order valence-corrected chi connectivity index (χ2v) is 13.7. The van der Waals surface area contributed by atoms with Crippen molar-refractivity contribution in [3.05, 3.63) is 0 Å². The Morgan fingerprint density at radius 1 is 0.667 bits per heavy atom. The molecule has 2 rings (SSSR count). The van der Waals surface area contributed by atoms with E-state index in [4.69, 9.17) is 31.3 Å². The van der Waals surface area contributed by atoms with Crippen LogP contribution in [0, 0.1) is 0 Å². The van der Waals surface area contributed by atoms with E-state index in [0.29, 0.717) is 12.2 Å². The molecule has 2 saturated heterocycles. The van der Waals surface area contributed by atoms with Crippen LogP contribution in [0.25, 0.3) is 0 Å². The first-order chi connectivity index (χ1) is 13.1. The van der Waals surface area contributed by atoms with Gasteiger partial charge in [-0.15, -0.1) is 0 Å². The van der Waals surface area contributed by atoms with E-state index in [0.717, 1.165) is 38.1 Å². The van der Waals surface area contributed by atoms with Gasteiger partial charge in [-0.1, -0.05) is 38.5 Å². The smallest absolute Gasteiger partial charge is 0.398 e. The van der Waals surface area contributed by atoms with E-state index >= 15 is 0 Å². The SMILES string of the molecule is CO[Si](CCCCCC1CO1)(CCCCCC1CO1)O[Si](OC)(OC)OC. The topological polar surface area (TPSA) is 71.2 Å². The molecule has 2 atom stereocenters. The van der Waals surface area contributed by atoms with Gasteiger partial charge in [0.2, 0.25) is 0 Å². The lowest BCUT2D eigenvalue weighted by Gasteiger charge is -2.36. The van der Waals surface area contributed by atoms with E-state index in [-0.39, 0.29) is 0 Å². The number of unbranched alkanes of at least 4 members (excludes halogenated alkanes) is 4.